The van der Waals surface area contributed by atoms with Crippen LogP contribution in [0.1, 0.15) is 50.3 Å². The van der Waals surface area contributed by atoms with Gasteiger partial charge in [-0.3, -0.25) is 9.48 Å². The van der Waals surface area contributed by atoms with E-state index in [0.717, 1.165) is 19.3 Å². The molecule has 0 N–H and O–H groups in total. The Morgan fingerprint density at radius 1 is 1.28 bits per heavy atom. The Kier molecular flexibility index (Phi) is 6.19. The highest BCUT2D eigenvalue weighted by Gasteiger charge is 2.32. The van der Waals surface area contributed by atoms with Gasteiger partial charge in [0, 0.05) is 19.1 Å². The molecule has 2 aromatic rings. The number of carbonyl (C=O) groups is 1. The van der Waals surface area contributed by atoms with Crippen molar-refractivity contribution in [2.24, 2.45) is 0 Å². The number of piperidine rings is 1. The SMILES string of the molecule is Cc1nn(CC(=O)N2C(C)CCCC2C)c(C)c1S(=O)(=O)N(C)Cc1ccco1. The molecule has 1 fully saturated rings. The van der Waals surface area contributed by atoms with Crippen molar-refractivity contribution in [1.82, 2.24) is 19.0 Å². The van der Waals surface area contributed by atoms with Gasteiger partial charge in [-0.05, 0) is 59.1 Å². The molecule has 9 heteroatoms. The fourth-order valence-electron chi connectivity index (χ4n) is 4.19. The quantitative estimate of drug-likeness (QED) is 0.714. The Morgan fingerprint density at radius 2 is 1.93 bits per heavy atom. The average molecular weight is 423 g/mol. The molecular weight excluding hydrogens is 392 g/mol. The van der Waals surface area contributed by atoms with Crippen molar-refractivity contribution in [3.63, 3.8) is 0 Å². The Labute approximate surface area is 172 Å². The van der Waals surface area contributed by atoms with Crippen LogP contribution >= 0.6 is 0 Å². The minimum absolute atomic E-state index is 0.0248. The molecule has 160 valence electrons. The smallest absolute Gasteiger partial charge is 0.246 e. The Morgan fingerprint density at radius 3 is 2.52 bits per heavy atom. The molecule has 0 radical (unpaired) electrons. The first-order valence-electron chi connectivity index (χ1n) is 9.96. The lowest BCUT2D eigenvalue weighted by Gasteiger charge is -2.39. The summed E-state index contributed by atoms with van der Waals surface area (Å²) in [6, 6.07) is 3.82. The second kappa shape index (κ2) is 8.31. The summed E-state index contributed by atoms with van der Waals surface area (Å²) >= 11 is 0. The van der Waals surface area contributed by atoms with Crippen LogP contribution in [-0.2, 0) is 27.9 Å². The first-order valence-corrected chi connectivity index (χ1v) is 11.4. The van der Waals surface area contributed by atoms with Crippen molar-refractivity contribution in [2.45, 2.75) is 77.0 Å². The standard InChI is InChI=1S/C20H30N4O4S/c1-14-8-6-9-15(2)24(14)19(25)13-23-17(4)20(16(3)21-23)29(26,27)22(5)12-18-10-7-11-28-18/h7,10-11,14-15H,6,8-9,12-13H2,1-5H3. The molecule has 2 atom stereocenters. The van der Waals surface area contributed by atoms with E-state index in [9.17, 15) is 13.2 Å². The zero-order valence-corrected chi connectivity index (χ0v) is 18.6. The van der Waals surface area contributed by atoms with E-state index in [1.807, 2.05) is 4.90 Å². The highest BCUT2D eigenvalue weighted by molar-refractivity contribution is 7.89. The molecule has 2 aromatic heterocycles. The Bertz CT molecular complexity index is 955. The largest absolute Gasteiger partial charge is 0.468 e. The summed E-state index contributed by atoms with van der Waals surface area (Å²) in [7, 11) is -2.26. The van der Waals surface area contributed by atoms with Gasteiger partial charge in [0.2, 0.25) is 15.9 Å². The highest BCUT2D eigenvalue weighted by atomic mass is 32.2. The minimum Gasteiger partial charge on any atom is -0.468 e. The van der Waals surface area contributed by atoms with Gasteiger partial charge in [-0.1, -0.05) is 0 Å². The third-order valence-electron chi connectivity index (χ3n) is 5.71. The van der Waals surface area contributed by atoms with Crippen molar-refractivity contribution >= 4 is 15.9 Å². The van der Waals surface area contributed by atoms with E-state index in [2.05, 4.69) is 18.9 Å². The number of furan rings is 1. The fourth-order valence-corrected chi connectivity index (χ4v) is 5.69. The van der Waals surface area contributed by atoms with Gasteiger partial charge in [-0.2, -0.15) is 9.40 Å². The molecule has 0 saturated carbocycles. The number of carbonyl (C=O) groups excluding carboxylic acids is 1. The summed E-state index contributed by atoms with van der Waals surface area (Å²) < 4.78 is 34.3. The number of amides is 1. The number of likely N-dealkylation sites (tertiary alicyclic amines) is 1. The molecule has 0 spiro atoms. The van der Waals surface area contributed by atoms with E-state index in [4.69, 9.17) is 4.42 Å². The van der Waals surface area contributed by atoms with Crippen LogP contribution in [0.2, 0.25) is 0 Å². The zero-order chi connectivity index (χ0) is 21.3. The van der Waals surface area contributed by atoms with Crippen LogP contribution in [0.25, 0.3) is 0 Å². The van der Waals surface area contributed by atoms with Crippen molar-refractivity contribution in [3.8, 4) is 0 Å². The topological polar surface area (TPSA) is 88.7 Å². The Hall–Kier alpha value is -2.13. The molecule has 29 heavy (non-hydrogen) atoms. The first kappa shape index (κ1) is 21.6. The highest BCUT2D eigenvalue weighted by Crippen LogP contribution is 2.26. The van der Waals surface area contributed by atoms with Gasteiger partial charge in [0.15, 0.2) is 0 Å². The van der Waals surface area contributed by atoms with E-state index in [-0.39, 0.29) is 36.0 Å². The van der Waals surface area contributed by atoms with E-state index in [0.29, 0.717) is 17.1 Å². The number of sulfonamides is 1. The number of hydrogen-bond donors (Lipinski definition) is 0. The second-order valence-electron chi connectivity index (χ2n) is 7.93. The van der Waals surface area contributed by atoms with Crippen molar-refractivity contribution in [2.75, 3.05) is 7.05 Å². The minimum atomic E-state index is -3.77. The van der Waals surface area contributed by atoms with Gasteiger partial charge < -0.3 is 9.32 Å². The first-order chi connectivity index (χ1) is 13.6. The molecule has 0 aromatic carbocycles. The lowest BCUT2D eigenvalue weighted by atomic mass is 9.97. The number of nitrogens with zero attached hydrogens (tertiary/aromatic N) is 4. The number of aryl methyl sites for hydroxylation is 1. The molecule has 3 heterocycles. The van der Waals surface area contributed by atoms with E-state index in [1.54, 1.807) is 26.0 Å². The summed E-state index contributed by atoms with van der Waals surface area (Å²) in [4.78, 5) is 15.0. The van der Waals surface area contributed by atoms with E-state index >= 15 is 0 Å². The second-order valence-corrected chi connectivity index (χ2v) is 9.91. The number of aromatic nitrogens is 2. The molecule has 1 amide bonds. The lowest BCUT2D eigenvalue weighted by molar-refractivity contribution is -0.138. The molecule has 8 nitrogen and oxygen atoms in total. The Balaban J connectivity index is 1.83. The number of rotatable bonds is 6. The van der Waals surface area contributed by atoms with Crippen molar-refractivity contribution in [1.29, 1.82) is 0 Å². The predicted octanol–water partition coefficient (Wildman–Crippen LogP) is 2.70. The molecule has 1 aliphatic heterocycles. The zero-order valence-electron chi connectivity index (χ0n) is 17.8. The van der Waals surface area contributed by atoms with Gasteiger partial charge >= 0.3 is 0 Å². The average Bonchev–Trinajstić information content (AvgIpc) is 3.23. The maximum Gasteiger partial charge on any atom is 0.246 e. The molecule has 0 aliphatic carbocycles. The molecule has 2 unspecified atom stereocenters. The summed E-state index contributed by atoms with van der Waals surface area (Å²) in [5.41, 5.74) is 0.862. The third kappa shape index (κ3) is 4.25. The van der Waals surface area contributed by atoms with Crippen LogP contribution in [0.4, 0.5) is 0 Å². The van der Waals surface area contributed by atoms with Crippen LogP contribution in [0.5, 0.6) is 0 Å². The van der Waals surface area contributed by atoms with Gasteiger partial charge in [0.25, 0.3) is 0 Å². The summed E-state index contributed by atoms with van der Waals surface area (Å²) in [6.07, 6.45) is 4.61. The monoisotopic (exact) mass is 422 g/mol. The molecule has 1 saturated heterocycles. The van der Waals surface area contributed by atoms with Crippen molar-refractivity contribution in [3.05, 3.63) is 35.5 Å². The van der Waals surface area contributed by atoms with Crippen LogP contribution in [0.15, 0.2) is 27.7 Å². The van der Waals surface area contributed by atoms with Crippen molar-refractivity contribution < 1.29 is 17.6 Å². The van der Waals surface area contributed by atoms with Crippen LogP contribution in [0.3, 0.4) is 0 Å². The third-order valence-corrected chi connectivity index (χ3v) is 7.76. The maximum absolute atomic E-state index is 13.1. The molecule has 3 rings (SSSR count). The van der Waals surface area contributed by atoms with E-state index < -0.39 is 10.0 Å². The summed E-state index contributed by atoms with van der Waals surface area (Å²) in [6.45, 7) is 7.65. The summed E-state index contributed by atoms with van der Waals surface area (Å²) in [5.74, 6) is 0.533. The van der Waals surface area contributed by atoms with Gasteiger partial charge in [0.05, 0.1) is 24.2 Å². The number of hydrogen-bond acceptors (Lipinski definition) is 5. The predicted molar refractivity (Wildman–Crippen MR) is 109 cm³/mol. The fraction of sp³-hybridized carbons (Fsp3) is 0.600. The van der Waals surface area contributed by atoms with Gasteiger partial charge in [-0.15, -0.1) is 0 Å². The van der Waals surface area contributed by atoms with Crippen LogP contribution in [-0.4, -0.2) is 52.4 Å². The molecule has 0 bridgehead atoms. The van der Waals surface area contributed by atoms with E-state index in [1.165, 1.54) is 22.3 Å². The van der Waals surface area contributed by atoms with Gasteiger partial charge in [-0.25, -0.2) is 8.42 Å². The maximum atomic E-state index is 13.1. The van der Waals surface area contributed by atoms with Crippen LogP contribution in [0, 0.1) is 13.8 Å². The summed E-state index contributed by atoms with van der Waals surface area (Å²) in [5, 5.41) is 4.38. The normalized spacial score (nSPS) is 20.4. The molecule has 1 aliphatic rings. The van der Waals surface area contributed by atoms with Crippen LogP contribution < -0.4 is 0 Å². The lowest BCUT2D eigenvalue weighted by Crippen LogP contribution is -2.48. The molecular formula is C20H30N4O4S. The van der Waals surface area contributed by atoms with Gasteiger partial charge in [0.1, 0.15) is 17.2 Å².